The van der Waals surface area contributed by atoms with Crippen LogP contribution in [0.15, 0.2) is 0 Å². The molecule has 1 saturated heterocycles. The summed E-state index contributed by atoms with van der Waals surface area (Å²) in [5.41, 5.74) is 11.0. The topological polar surface area (TPSA) is 140 Å². The molecule has 1 aliphatic rings. The number of nitrogens with one attached hydrogen (secondary N) is 2. The van der Waals surface area contributed by atoms with E-state index < -0.39 is 30.3 Å². The van der Waals surface area contributed by atoms with Crippen molar-refractivity contribution in [1.29, 1.82) is 0 Å². The van der Waals surface area contributed by atoms with Crippen molar-refractivity contribution in [1.82, 2.24) is 10.6 Å². The molecule has 5 atom stereocenters. The van der Waals surface area contributed by atoms with Crippen LogP contribution in [0.1, 0.15) is 20.3 Å². The van der Waals surface area contributed by atoms with Crippen molar-refractivity contribution in [2.75, 3.05) is 6.61 Å². The molecule has 1 rings (SSSR count). The Kier molecular flexibility index (Phi) is 5.67. The summed E-state index contributed by atoms with van der Waals surface area (Å²) in [6.45, 7) is 3.29. The first-order chi connectivity index (χ1) is 8.81. The molecule has 0 bridgehead atoms. The van der Waals surface area contributed by atoms with E-state index in [-0.39, 0.29) is 18.6 Å². The van der Waals surface area contributed by atoms with Crippen molar-refractivity contribution in [3.8, 4) is 0 Å². The smallest absolute Gasteiger partial charge is 0.242 e. The van der Waals surface area contributed by atoms with Gasteiger partial charge in [0.05, 0.1) is 24.7 Å². The zero-order valence-corrected chi connectivity index (χ0v) is 11.1. The summed E-state index contributed by atoms with van der Waals surface area (Å²) in [5.74, 6) is -0.735. The Morgan fingerprint density at radius 2 is 2.00 bits per heavy atom. The Morgan fingerprint density at radius 1 is 1.37 bits per heavy atom. The van der Waals surface area contributed by atoms with Crippen LogP contribution in [0.4, 0.5) is 0 Å². The van der Waals surface area contributed by atoms with Gasteiger partial charge in [-0.3, -0.25) is 9.59 Å². The maximum Gasteiger partial charge on any atom is 0.242 e. The highest BCUT2D eigenvalue weighted by Crippen LogP contribution is 2.10. The average Bonchev–Trinajstić information content (AvgIpc) is 2.33. The highest BCUT2D eigenvalue weighted by molar-refractivity contribution is 5.89. The van der Waals surface area contributed by atoms with E-state index >= 15 is 0 Å². The number of aliphatic hydroxyl groups excluding tert-OH is 1. The summed E-state index contributed by atoms with van der Waals surface area (Å²) in [5, 5.41) is 14.5. The van der Waals surface area contributed by atoms with Crippen molar-refractivity contribution >= 4 is 11.8 Å². The number of carbonyl (C=O) groups is 2. The molecule has 19 heavy (non-hydrogen) atoms. The molecule has 2 amide bonds. The first-order valence-corrected chi connectivity index (χ1v) is 6.22. The van der Waals surface area contributed by atoms with Crippen LogP contribution in [0.25, 0.3) is 0 Å². The molecule has 0 aromatic carbocycles. The van der Waals surface area contributed by atoms with E-state index in [1.807, 2.05) is 0 Å². The lowest BCUT2D eigenvalue weighted by Crippen LogP contribution is -2.56. The van der Waals surface area contributed by atoms with Gasteiger partial charge in [0.25, 0.3) is 0 Å². The molecule has 8 heteroatoms. The van der Waals surface area contributed by atoms with E-state index in [0.717, 1.165) is 0 Å². The first-order valence-electron chi connectivity index (χ1n) is 6.22. The fraction of sp³-hybridized carbons (Fsp3) is 0.818. The minimum Gasteiger partial charge on any atom is -0.367 e. The number of ether oxygens (including phenoxy) is 1. The first kappa shape index (κ1) is 15.8. The summed E-state index contributed by atoms with van der Waals surface area (Å²) in [7, 11) is 0. The molecule has 0 radical (unpaired) electrons. The predicted octanol–water partition coefficient (Wildman–Crippen LogP) is -2.61. The second-order valence-corrected chi connectivity index (χ2v) is 4.85. The summed E-state index contributed by atoms with van der Waals surface area (Å²) >= 11 is 0. The number of carbonyl (C=O) groups excluding carboxylic acids is 2. The van der Waals surface area contributed by atoms with Gasteiger partial charge in [0.15, 0.2) is 6.29 Å². The Bertz CT molecular complexity index is 337. The second kappa shape index (κ2) is 6.80. The lowest BCUT2D eigenvalue weighted by Gasteiger charge is -2.32. The molecule has 0 aromatic rings. The monoisotopic (exact) mass is 274 g/mol. The average molecular weight is 274 g/mol. The van der Waals surface area contributed by atoms with Gasteiger partial charge in [0.2, 0.25) is 11.8 Å². The number of hydrogen-bond donors (Lipinski definition) is 5. The van der Waals surface area contributed by atoms with Gasteiger partial charge in [0.1, 0.15) is 6.04 Å². The van der Waals surface area contributed by atoms with Crippen molar-refractivity contribution in [3.05, 3.63) is 0 Å². The Labute approximate surface area is 111 Å². The summed E-state index contributed by atoms with van der Waals surface area (Å²) < 4.78 is 5.01. The zero-order chi connectivity index (χ0) is 14.6. The molecule has 0 aliphatic carbocycles. The van der Waals surface area contributed by atoms with Crippen LogP contribution >= 0.6 is 0 Å². The summed E-state index contributed by atoms with van der Waals surface area (Å²) in [4.78, 5) is 23.2. The third kappa shape index (κ3) is 4.75. The number of nitrogens with two attached hydrogens (primary N) is 2. The normalized spacial score (nSPS) is 30.3. The lowest BCUT2D eigenvalue weighted by molar-refractivity contribution is -0.148. The molecule has 8 nitrogen and oxygen atoms in total. The van der Waals surface area contributed by atoms with Crippen LogP contribution in [0.5, 0.6) is 0 Å². The zero-order valence-electron chi connectivity index (χ0n) is 11.1. The van der Waals surface area contributed by atoms with Crippen molar-refractivity contribution in [3.63, 3.8) is 0 Å². The van der Waals surface area contributed by atoms with E-state index in [0.29, 0.717) is 6.42 Å². The fourth-order valence-electron chi connectivity index (χ4n) is 1.69. The highest BCUT2D eigenvalue weighted by Gasteiger charge is 2.29. The molecule has 1 heterocycles. The van der Waals surface area contributed by atoms with Gasteiger partial charge in [-0.15, -0.1) is 0 Å². The van der Waals surface area contributed by atoms with Gasteiger partial charge in [0, 0.05) is 0 Å². The predicted molar refractivity (Wildman–Crippen MR) is 67.7 cm³/mol. The van der Waals surface area contributed by atoms with Crippen molar-refractivity contribution < 1.29 is 19.4 Å². The number of rotatable bonds is 4. The lowest BCUT2D eigenvalue weighted by atomic mass is 10.0. The molecule has 1 fully saturated rings. The van der Waals surface area contributed by atoms with Crippen LogP contribution < -0.4 is 22.1 Å². The molecule has 0 spiro atoms. The maximum atomic E-state index is 11.8. The quantitative estimate of drug-likeness (QED) is 0.380. The van der Waals surface area contributed by atoms with Crippen molar-refractivity contribution in [2.45, 2.75) is 50.7 Å². The van der Waals surface area contributed by atoms with E-state index in [9.17, 15) is 14.7 Å². The van der Waals surface area contributed by atoms with Crippen LogP contribution in [-0.2, 0) is 14.3 Å². The van der Waals surface area contributed by atoms with Gasteiger partial charge in [-0.2, -0.15) is 0 Å². The molecule has 1 unspecified atom stereocenters. The van der Waals surface area contributed by atoms with Gasteiger partial charge in [-0.1, -0.05) is 0 Å². The summed E-state index contributed by atoms with van der Waals surface area (Å²) in [6, 6.07) is -2.17. The fourth-order valence-corrected chi connectivity index (χ4v) is 1.69. The molecule has 0 saturated carbocycles. The van der Waals surface area contributed by atoms with Gasteiger partial charge in [-0.25, -0.2) is 0 Å². The van der Waals surface area contributed by atoms with Gasteiger partial charge in [-0.05, 0) is 20.3 Å². The van der Waals surface area contributed by atoms with Crippen LogP contribution in [-0.4, -0.2) is 54.0 Å². The number of aliphatic hydroxyl groups is 1. The third-order valence-corrected chi connectivity index (χ3v) is 2.90. The molecular formula is C11H22N4O4. The van der Waals surface area contributed by atoms with Gasteiger partial charge < -0.3 is 31.9 Å². The Balaban J connectivity index is 2.40. The SMILES string of the molecule is C[C@@H](N)C(=O)N[C@H](C)C(=O)N[C@@H]1COC(O)[C@@H](N)C1. The molecular weight excluding hydrogens is 252 g/mol. The van der Waals surface area contributed by atoms with Crippen LogP contribution in [0.2, 0.25) is 0 Å². The maximum absolute atomic E-state index is 11.8. The van der Waals surface area contributed by atoms with Crippen LogP contribution in [0, 0.1) is 0 Å². The van der Waals surface area contributed by atoms with Crippen molar-refractivity contribution in [2.24, 2.45) is 11.5 Å². The van der Waals surface area contributed by atoms with Gasteiger partial charge >= 0.3 is 0 Å². The minimum atomic E-state index is -0.997. The molecule has 1 aliphatic heterocycles. The Morgan fingerprint density at radius 3 is 2.53 bits per heavy atom. The number of hydrogen-bond acceptors (Lipinski definition) is 6. The molecule has 7 N–H and O–H groups in total. The highest BCUT2D eigenvalue weighted by atomic mass is 16.6. The molecule has 110 valence electrons. The standard InChI is InChI=1S/C11H22N4O4/c1-5(12)9(16)14-6(2)10(17)15-7-3-8(13)11(18)19-4-7/h5-8,11,18H,3-4,12-13H2,1-2H3,(H,14,16)(H,15,17)/t5-,6-,7+,8+,11?/m1/s1. The second-order valence-electron chi connectivity index (χ2n) is 4.85. The van der Waals surface area contributed by atoms with E-state index in [4.69, 9.17) is 16.2 Å². The third-order valence-electron chi connectivity index (χ3n) is 2.90. The molecule has 0 aromatic heterocycles. The summed E-state index contributed by atoms with van der Waals surface area (Å²) in [6.07, 6.45) is -0.579. The van der Waals surface area contributed by atoms with Crippen LogP contribution in [0.3, 0.4) is 0 Å². The van der Waals surface area contributed by atoms with E-state index in [1.165, 1.54) is 6.92 Å². The van der Waals surface area contributed by atoms with E-state index in [2.05, 4.69) is 10.6 Å². The largest absolute Gasteiger partial charge is 0.367 e. The Hall–Kier alpha value is -1.22. The minimum absolute atomic E-state index is 0.189. The van der Waals surface area contributed by atoms with E-state index in [1.54, 1.807) is 6.92 Å². The number of amides is 2.